The fourth-order valence-electron chi connectivity index (χ4n) is 1.75. The summed E-state index contributed by atoms with van der Waals surface area (Å²) in [7, 11) is 0. The lowest BCUT2D eigenvalue weighted by Gasteiger charge is -2.07. The molecule has 0 atom stereocenters. The molecule has 1 heterocycles. The lowest BCUT2D eigenvalue weighted by atomic mass is 9.98. The van der Waals surface area contributed by atoms with E-state index in [4.69, 9.17) is 16.9 Å². The van der Waals surface area contributed by atoms with Gasteiger partial charge in [0.05, 0.1) is 0 Å². The third-order valence-corrected chi connectivity index (χ3v) is 2.75. The van der Waals surface area contributed by atoms with Crippen molar-refractivity contribution in [2.75, 3.05) is 0 Å². The molecule has 1 aromatic heterocycles. The molecule has 3 nitrogen and oxygen atoms in total. The molecule has 2 rings (SSSR count). The number of benzene rings is 1. The third-order valence-electron chi connectivity index (χ3n) is 2.52. The highest BCUT2D eigenvalue weighted by Gasteiger charge is 2.12. The number of nitrogens with one attached hydrogen (secondary N) is 1. The predicted molar refractivity (Wildman–Crippen MR) is 67.0 cm³/mol. The fourth-order valence-corrected chi connectivity index (χ4v) is 1.94. The van der Waals surface area contributed by atoms with Crippen molar-refractivity contribution >= 4 is 11.6 Å². The first-order valence-corrected chi connectivity index (χ1v) is 5.39. The average molecular weight is 245 g/mol. The van der Waals surface area contributed by atoms with Crippen LogP contribution in [0.1, 0.15) is 11.1 Å². The molecule has 0 spiro atoms. The number of H-pyrrole nitrogens is 1. The number of hydrogen-bond acceptors (Lipinski definition) is 2. The van der Waals surface area contributed by atoms with Crippen LogP contribution < -0.4 is 5.56 Å². The Labute approximate surface area is 103 Å². The molecule has 0 aliphatic rings. The van der Waals surface area contributed by atoms with Crippen LogP contribution in [0.3, 0.4) is 0 Å². The first-order valence-electron chi connectivity index (χ1n) is 5.02. The predicted octanol–water partition coefficient (Wildman–Crippen LogP) is 2.88. The van der Waals surface area contributed by atoms with Gasteiger partial charge in [-0.15, -0.1) is 0 Å². The van der Waals surface area contributed by atoms with Crippen molar-refractivity contribution in [2.45, 2.75) is 6.92 Å². The van der Waals surface area contributed by atoms with Crippen LogP contribution in [-0.2, 0) is 0 Å². The van der Waals surface area contributed by atoms with Gasteiger partial charge in [0.25, 0.3) is 5.56 Å². The maximum absolute atomic E-state index is 11.6. The smallest absolute Gasteiger partial charge is 0.266 e. The van der Waals surface area contributed by atoms with Gasteiger partial charge in [-0.25, -0.2) is 0 Å². The molecule has 17 heavy (non-hydrogen) atoms. The van der Waals surface area contributed by atoms with Gasteiger partial charge in [0.1, 0.15) is 11.6 Å². The van der Waals surface area contributed by atoms with Gasteiger partial charge in [-0.05, 0) is 30.2 Å². The zero-order valence-electron chi connectivity index (χ0n) is 9.12. The lowest BCUT2D eigenvalue weighted by Crippen LogP contribution is -2.12. The number of nitrogens with zero attached hydrogens (tertiary/aromatic N) is 1. The zero-order chi connectivity index (χ0) is 12.4. The summed E-state index contributed by atoms with van der Waals surface area (Å²) in [5.74, 6) is 0. The lowest BCUT2D eigenvalue weighted by molar-refractivity contribution is 1.18. The van der Waals surface area contributed by atoms with Gasteiger partial charge in [0.15, 0.2) is 0 Å². The van der Waals surface area contributed by atoms with Crippen LogP contribution >= 0.6 is 11.6 Å². The zero-order valence-corrected chi connectivity index (χ0v) is 9.88. The quantitative estimate of drug-likeness (QED) is 0.839. The summed E-state index contributed by atoms with van der Waals surface area (Å²) < 4.78 is 0. The normalized spacial score (nSPS) is 9.94. The Morgan fingerprint density at radius 1 is 1.41 bits per heavy atom. The summed E-state index contributed by atoms with van der Waals surface area (Å²) >= 11 is 5.91. The van der Waals surface area contributed by atoms with Crippen LogP contribution in [0, 0.1) is 18.3 Å². The van der Waals surface area contributed by atoms with Crippen LogP contribution in [-0.4, -0.2) is 4.98 Å². The highest BCUT2D eigenvalue weighted by atomic mass is 35.5. The number of nitriles is 1. The molecule has 1 N–H and O–H groups in total. The average Bonchev–Trinajstić information content (AvgIpc) is 2.31. The summed E-state index contributed by atoms with van der Waals surface area (Å²) in [6.45, 7) is 1.84. The topological polar surface area (TPSA) is 56.6 Å². The Balaban J connectivity index is 2.80. The number of hydrogen-bond donors (Lipinski definition) is 1. The van der Waals surface area contributed by atoms with E-state index in [2.05, 4.69) is 4.98 Å². The van der Waals surface area contributed by atoms with Crippen molar-refractivity contribution in [1.29, 1.82) is 5.26 Å². The Bertz CT molecular complexity index is 668. The molecule has 0 amide bonds. The Morgan fingerprint density at radius 3 is 2.82 bits per heavy atom. The monoisotopic (exact) mass is 244 g/mol. The van der Waals surface area contributed by atoms with E-state index in [1.165, 1.54) is 0 Å². The molecule has 84 valence electrons. The van der Waals surface area contributed by atoms with E-state index in [0.29, 0.717) is 10.6 Å². The highest BCUT2D eigenvalue weighted by Crippen LogP contribution is 2.26. The van der Waals surface area contributed by atoms with Crippen molar-refractivity contribution in [3.63, 3.8) is 0 Å². The number of aromatic amines is 1. The first kappa shape index (κ1) is 11.4. The molecule has 2 aromatic rings. The van der Waals surface area contributed by atoms with E-state index in [-0.39, 0.29) is 11.1 Å². The molecular weight excluding hydrogens is 236 g/mol. The van der Waals surface area contributed by atoms with Crippen molar-refractivity contribution in [3.8, 4) is 17.2 Å². The van der Waals surface area contributed by atoms with E-state index >= 15 is 0 Å². The van der Waals surface area contributed by atoms with Gasteiger partial charge < -0.3 is 4.98 Å². The summed E-state index contributed by atoms with van der Waals surface area (Å²) in [5, 5.41) is 9.63. The standard InChI is InChI=1S/C13H9ClN2O/c1-8-7-16-13(17)11(6-15)12(8)9-3-2-4-10(14)5-9/h2-5,7H,1H3,(H,16,17). The van der Waals surface area contributed by atoms with Crippen molar-refractivity contribution in [2.24, 2.45) is 0 Å². The second-order valence-corrected chi connectivity index (χ2v) is 4.11. The minimum absolute atomic E-state index is 0.118. The van der Waals surface area contributed by atoms with Gasteiger partial charge in [0, 0.05) is 16.8 Å². The van der Waals surface area contributed by atoms with E-state index in [9.17, 15) is 4.79 Å². The summed E-state index contributed by atoms with van der Waals surface area (Å²) in [4.78, 5) is 14.1. The van der Waals surface area contributed by atoms with Gasteiger partial charge in [-0.1, -0.05) is 23.7 Å². The fraction of sp³-hybridized carbons (Fsp3) is 0.0769. The molecule has 0 aliphatic heterocycles. The van der Waals surface area contributed by atoms with Crippen molar-refractivity contribution < 1.29 is 0 Å². The number of rotatable bonds is 1. The Morgan fingerprint density at radius 2 is 2.18 bits per heavy atom. The SMILES string of the molecule is Cc1c[nH]c(=O)c(C#N)c1-c1cccc(Cl)c1. The van der Waals surface area contributed by atoms with Crippen LogP contribution in [0.4, 0.5) is 0 Å². The van der Waals surface area contributed by atoms with Crippen LogP contribution in [0.15, 0.2) is 35.3 Å². The largest absolute Gasteiger partial charge is 0.328 e. The maximum Gasteiger partial charge on any atom is 0.266 e. The Hall–Kier alpha value is -2.05. The molecule has 1 aromatic carbocycles. The van der Waals surface area contributed by atoms with E-state index in [1.54, 1.807) is 24.4 Å². The number of pyridine rings is 1. The van der Waals surface area contributed by atoms with Gasteiger partial charge in [-0.3, -0.25) is 4.79 Å². The number of aryl methyl sites for hydroxylation is 1. The van der Waals surface area contributed by atoms with E-state index < -0.39 is 0 Å². The minimum atomic E-state index is -0.381. The van der Waals surface area contributed by atoms with E-state index in [1.807, 2.05) is 19.1 Å². The van der Waals surface area contributed by atoms with Gasteiger partial charge >= 0.3 is 0 Å². The molecule has 0 aliphatic carbocycles. The maximum atomic E-state index is 11.6. The van der Waals surface area contributed by atoms with Crippen LogP contribution in [0.25, 0.3) is 11.1 Å². The summed E-state index contributed by atoms with van der Waals surface area (Å²) in [5.41, 5.74) is 1.99. The molecule has 0 fully saturated rings. The van der Waals surface area contributed by atoms with Crippen molar-refractivity contribution in [1.82, 2.24) is 4.98 Å². The summed E-state index contributed by atoms with van der Waals surface area (Å²) in [6, 6.07) is 9.04. The Kier molecular flexibility index (Phi) is 2.99. The number of aromatic nitrogens is 1. The molecule has 0 unspecified atom stereocenters. The molecular formula is C13H9ClN2O. The molecule has 0 bridgehead atoms. The molecule has 4 heteroatoms. The minimum Gasteiger partial charge on any atom is -0.328 e. The second-order valence-electron chi connectivity index (χ2n) is 3.67. The van der Waals surface area contributed by atoms with Crippen LogP contribution in [0.5, 0.6) is 0 Å². The third kappa shape index (κ3) is 2.08. The second kappa shape index (κ2) is 4.44. The van der Waals surface area contributed by atoms with Gasteiger partial charge in [-0.2, -0.15) is 5.26 Å². The molecule has 0 saturated heterocycles. The van der Waals surface area contributed by atoms with Gasteiger partial charge in [0.2, 0.25) is 0 Å². The van der Waals surface area contributed by atoms with E-state index in [0.717, 1.165) is 11.1 Å². The van der Waals surface area contributed by atoms with Crippen molar-refractivity contribution in [3.05, 3.63) is 57.0 Å². The molecule has 0 saturated carbocycles. The summed E-state index contributed by atoms with van der Waals surface area (Å²) in [6.07, 6.45) is 1.60. The first-order chi connectivity index (χ1) is 8.13. The number of halogens is 1. The molecule has 0 radical (unpaired) electrons. The highest BCUT2D eigenvalue weighted by molar-refractivity contribution is 6.30. The van der Waals surface area contributed by atoms with Crippen LogP contribution in [0.2, 0.25) is 5.02 Å².